The van der Waals surface area contributed by atoms with Gasteiger partial charge in [-0.2, -0.15) is 0 Å². The summed E-state index contributed by atoms with van der Waals surface area (Å²) in [5.41, 5.74) is 0.0307. The van der Waals surface area contributed by atoms with E-state index in [0.29, 0.717) is 16.9 Å². The van der Waals surface area contributed by atoms with Crippen LogP contribution in [-0.2, 0) is 4.74 Å². The first-order valence-corrected chi connectivity index (χ1v) is 8.19. The molecule has 3 rings (SSSR count). The van der Waals surface area contributed by atoms with E-state index in [-0.39, 0.29) is 6.42 Å². The van der Waals surface area contributed by atoms with Crippen molar-refractivity contribution in [2.45, 2.75) is 37.2 Å². The van der Waals surface area contributed by atoms with Crippen molar-refractivity contribution in [3.63, 3.8) is 0 Å². The summed E-state index contributed by atoms with van der Waals surface area (Å²) in [6, 6.07) is 5.79. The lowest BCUT2D eigenvalue weighted by molar-refractivity contribution is -0.184. The lowest BCUT2D eigenvalue weighted by Gasteiger charge is -2.41. The summed E-state index contributed by atoms with van der Waals surface area (Å²) in [7, 11) is 0. The number of aliphatic hydroxyl groups is 2. The Balaban J connectivity index is 1.95. The van der Waals surface area contributed by atoms with Crippen molar-refractivity contribution in [1.29, 1.82) is 0 Å². The minimum atomic E-state index is -1.09. The van der Waals surface area contributed by atoms with Crippen molar-refractivity contribution in [3.05, 3.63) is 35.4 Å². The molecule has 0 saturated carbocycles. The molecule has 7 heteroatoms. The zero-order chi connectivity index (χ0) is 15.9. The second-order valence-electron chi connectivity index (χ2n) is 5.23. The van der Waals surface area contributed by atoms with Gasteiger partial charge >= 0.3 is 0 Å². The normalized spacial score (nSPS) is 31.5. The van der Waals surface area contributed by atoms with E-state index in [0.717, 1.165) is 4.90 Å². The van der Waals surface area contributed by atoms with Crippen LogP contribution in [0.1, 0.15) is 34.1 Å². The minimum Gasteiger partial charge on any atom is -0.391 e. The number of hydrogen-bond donors (Lipinski definition) is 2. The number of rotatable bonds is 3. The van der Waals surface area contributed by atoms with E-state index in [4.69, 9.17) is 4.74 Å². The number of carbonyl (C=O) groups is 2. The predicted molar refractivity (Wildman–Crippen MR) is 80.4 cm³/mol. The summed E-state index contributed by atoms with van der Waals surface area (Å²) in [4.78, 5) is 26.2. The van der Waals surface area contributed by atoms with E-state index in [9.17, 15) is 19.8 Å². The number of fused-ring (bicyclic) bond motifs is 1. The third kappa shape index (κ3) is 2.44. The Morgan fingerprint density at radius 3 is 2.36 bits per heavy atom. The highest BCUT2D eigenvalue weighted by atomic mass is 32.2. The molecule has 4 atom stereocenters. The third-order valence-electron chi connectivity index (χ3n) is 3.86. The Bertz CT molecular complexity index is 572. The fourth-order valence-corrected chi connectivity index (χ4v) is 3.93. The zero-order valence-corrected chi connectivity index (χ0v) is 12.8. The summed E-state index contributed by atoms with van der Waals surface area (Å²) in [6.07, 6.45) is -2.14. The minimum absolute atomic E-state index is 0.0289. The molecule has 0 spiro atoms. The molecule has 118 valence electrons. The van der Waals surface area contributed by atoms with Gasteiger partial charge in [-0.1, -0.05) is 19.1 Å². The number of ether oxygens (including phenoxy) is 1. The Kier molecular flexibility index (Phi) is 4.22. The molecule has 1 aromatic rings. The maximum Gasteiger partial charge on any atom is 0.262 e. The van der Waals surface area contributed by atoms with Crippen LogP contribution >= 0.6 is 11.8 Å². The molecule has 2 heterocycles. The van der Waals surface area contributed by atoms with E-state index in [1.165, 1.54) is 11.8 Å². The van der Waals surface area contributed by atoms with Crippen LogP contribution in [0.3, 0.4) is 0 Å². The number of nitrogens with zero attached hydrogens (tertiary/aromatic N) is 1. The fraction of sp³-hybridized carbons (Fsp3) is 0.467. The van der Waals surface area contributed by atoms with Crippen LogP contribution in [0.2, 0.25) is 0 Å². The first-order chi connectivity index (χ1) is 10.5. The summed E-state index contributed by atoms with van der Waals surface area (Å²) in [5.74, 6) is -0.179. The monoisotopic (exact) mass is 323 g/mol. The van der Waals surface area contributed by atoms with Gasteiger partial charge in [0.1, 0.15) is 11.5 Å². The van der Waals surface area contributed by atoms with Gasteiger partial charge in [0.05, 0.1) is 17.2 Å². The number of imide groups is 1. The molecule has 6 nitrogen and oxygen atoms in total. The Morgan fingerprint density at radius 2 is 1.82 bits per heavy atom. The highest BCUT2D eigenvalue weighted by Crippen LogP contribution is 2.35. The van der Waals surface area contributed by atoms with E-state index in [2.05, 4.69) is 0 Å². The lowest BCUT2D eigenvalue weighted by Crippen LogP contribution is -2.57. The molecule has 2 aliphatic heterocycles. The highest BCUT2D eigenvalue weighted by Gasteiger charge is 2.49. The maximum absolute atomic E-state index is 12.5. The smallest absolute Gasteiger partial charge is 0.262 e. The van der Waals surface area contributed by atoms with E-state index < -0.39 is 35.7 Å². The molecule has 1 aromatic carbocycles. The molecule has 2 amide bonds. The number of hydrogen-bond acceptors (Lipinski definition) is 6. The number of thioether (sulfide) groups is 1. The third-order valence-corrected chi connectivity index (χ3v) is 4.91. The van der Waals surface area contributed by atoms with Gasteiger partial charge in [-0.25, -0.2) is 0 Å². The molecular weight excluding hydrogens is 306 g/mol. The topological polar surface area (TPSA) is 87.1 Å². The van der Waals surface area contributed by atoms with E-state index in [1.807, 2.05) is 6.92 Å². The molecule has 0 aromatic heterocycles. The first-order valence-electron chi connectivity index (χ1n) is 7.14. The molecule has 1 fully saturated rings. The second kappa shape index (κ2) is 6.00. The van der Waals surface area contributed by atoms with Crippen molar-refractivity contribution in [1.82, 2.24) is 4.90 Å². The predicted octanol–water partition coefficient (Wildman–Crippen LogP) is 0.830. The SMILES string of the molecule is CCS[C@@H]1OC(O)CC(O)C1N1C(=O)c2ccccc2C1=O. The number of carbonyl (C=O) groups excluding carboxylic acids is 2. The summed E-state index contributed by atoms with van der Waals surface area (Å²) >= 11 is 1.35. The van der Waals surface area contributed by atoms with Crippen molar-refractivity contribution < 1.29 is 24.5 Å². The number of benzene rings is 1. The molecule has 1 saturated heterocycles. The molecule has 2 N–H and O–H groups in total. The second-order valence-corrected chi connectivity index (χ2v) is 6.61. The van der Waals surface area contributed by atoms with Crippen molar-refractivity contribution in [2.24, 2.45) is 0 Å². The van der Waals surface area contributed by atoms with E-state index >= 15 is 0 Å². The van der Waals surface area contributed by atoms with E-state index in [1.54, 1.807) is 24.3 Å². The zero-order valence-electron chi connectivity index (χ0n) is 12.0. The van der Waals surface area contributed by atoms with Gasteiger partial charge in [0, 0.05) is 6.42 Å². The molecular formula is C15H17NO5S. The molecule has 22 heavy (non-hydrogen) atoms. The van der Waals surface area contributed by atoms with Crippen LogP contribution in [0.4, 0.5) is 0 Å². The quantitative estimate of drug-likeness (QED) is 0.801. The number of amides is 2. The standard InChI is InChI=1S/C15H17NO5S/c1-2-22-15-12(10(17)7-11(18)21-15)16-13(19)8-5-3-4-6-9(8)14(16)20/h3-6,10-12,15,17-18H,2,7H2,1H3/t10?,11?,12?,15-/m0/s1. The van der Waals surface area contributed by atoms with Gasteiger partial charge in [0.25, 0.3) is 11.8 Å². The Morgan fingerprint density at radius 1 is 1.23 bits per heavy atom. The molecule has 3 unspecified atom stereocenters. The highest BCUT2D eigenvalue weighted by molar-refractivity contribution is 7.99. The molecule has 2 aliphatic rings. The number of aliphatic hydroxyl groups excluding tert-OH is 2. The molecule has 0 aliphatic carbocycles. The molecule has 0 radical (unpaired) electrons. The fourth-order valence-electron chi connectivity index (χ4n) is 2.89. The van der Waals surface area contributed by atoms with Crippen LogP contribution in [-0.4, -0.2) is 56.6 Å². The average Bonchev–Trinajstić information content (AvgIpc) is 2.73. The summed E-state index contributed by atoms with van der Waals surface area (Å²) in [5, 5.41) is 20.0. The van der Waals surface area contributed by atoms with Crippen molar-refractivity contribution in [3.8, 4) is 0 Å². The van der Waals surface area contributed by atoms with Crippen LogP contribution in [0.15, 0.2) is 24.3 Å². The first kappa shape index (κ1) is 15.5. The lowest BCUT2D eigenvalue weighted by atomic mass is 10.0. The van der Waals surface area contributed by atoms with Crippen LogP contribution in [0, 0.1) is 0 Å². The Hall–Kier alpha value is -1.41. The van der Waals surface area contributed by atoms with Crippen LogP contribution in [0.5, 0.6) is 0 Å². The largest absolute Gasteiger partial charge is 0.391 e. The molecule has 0 bridgehead atoms. The van der Waals surface area contributed by atoms with Crippen molar-refractivity contribution in [2.75, 3.05) is 5.75 Å². The van der Waals surface area contributed by atoms with Gasteiger partial charge in [-0.15, -0.1) is 11.8 Å². The van der Waals surface area contributed by atoms with Gasteiger partial charge in [-0.3, -0.25) is 14.5 Å². The van der Waals surface area contributed by atoms with Gasteiger partial charge in [0.15, 0.2) is 6.29 Å². The maximum atomic E-state index is 12.5. The summed E-state index contributed by atoms with van der Waals surface area (Å²) in [6.45, 7) is 1.90. The van der Waals surface area contributed by atoms with Crippen LogP contribution < -0.4 is 0 Å². The van der Waals surface area contributed by atoms with Gasteiger partial charge in [-0.05, 0) is 17.9 Å². The van der Waals surface area contributed by atoms with Crippen LogP contribution in [0.25, 0.3) is 0 Å². The average molecular weight is 323 g/mol. The summed E-state index contributed by atoms with van der Waals surface area (Å²) < 4.78 is 5.43. The van der Waals surface area contributed by atoms with Gasteiger partial charge in [0.2, 0.25) is 0 Å². The van der Waals surface area contributed by atoms with Crippen molar-refractivity contribution >= 4 is 23.6 Å². The Labute approximate surface area is 132 Å². The van der Waals surface area contributed by atoms with Gasteiger partial charge < -0.3 is 14.9 Å².